The van der Waals surface area contributed by atoms with Crippen LogP contribution in [0.4, 0.5) is 11.6 Å². The largest absolute Gasteiger partial charge is 0.481 e. The molecule has 0 aliphatic carbocycles. The number of anilines is 2. The number of rotatable bonds is 5. The van der Waals surface area contributed by atoms with Gasteiger partial charge >= 0.3 is 5.97 Å². The summed E-state index contributed by atoms with van der Waals surface area (Å²) in [4.78, 5) is 39.9. The molecule has 1 aromatic carbocycles. The Bertz CT molecular complexity index is 1240. The van der Waals surface area contributed by atoms with Crippen LogP contribution in [0.3, 0.4) is 0 Å². The zero-order chi connectivity index (χ0) is 23.5. The maximum Gasteiger partial charge on any atom is 0.307 e. The second-order valence-electron chi connectivity index (χ2n) is 8.28. The lowest BCUT2D eigenvalue weighted by Crippen LogP contribution is -2.34. The molecule has 0 saturated carbocycles. The van der Waals surface area contributed by atoms with E-state index in [2.05, 4.69) is 26.3 Å². The van der Waals surface area contributed by atoms with E-state index in [0.717, 1.165) is 37.2 Å². The Balaban J connectivity index is 1.29. The monoisotopic (exact) mass is 473 g/mol. The number of piperidine rings is 1. The maximum absolute atomic E-state index is 12.6. The summed E-state index contributed by atoms with van der Waals surface area (Å²) in [5.41, 5.74) is 3.28. The van der Waals surface area contributed by atoms with Crippen molar-refractivity contribution >= 4 is 41.4 Å². The Labute approximate surface area is 201 Å². The van der Waals surface area contributed by atoms with E-state index in [-0.39, 0.29) is 12.3 Å². The highest BCUT2D eigenvalue weighted by atomic mass is 32.2. The van der Waals surface area contributed by atoms with Gasteiger partial charge in [0.25, 0.3) is 5.91 Å². The van der Waals surface area contributed by atoms with Gasteiger partial charge in [-0.15, -0.1) is 0 Å². The zero-order valence-electron chi connectivity index (χ0n) is 18.3. The molecule has 8 nitrogen and oxygen atoms in total. The Kier molecular flexibility index (Phi) is 6.27. The molecule has 0 radical (unpaired) electrons. The van der Waals surface area contributed by atoms with Crippen LogP contribution in [0, 0.1) is 0 Å². The number of carboxylic acid groups (broad SMARTS) is 1. The Morgan fingerprint density at radius 1 is 1.15 bits per heavy atom. The summed E-state index contributed by atoms with van der Waals surface area (Å²) in [6.07, 6.45) is 7.25. The van der Waals surface area contributed by atoms with Crippen LogP contribution in [-0.2, 0) is 16.0 Å². The average molecular weight is 474 g/mol. The lowest BCUT2D eigenvalue weighted by molar-refractivity contribution is -0.136. The van der Waals surface area contributed by atoms with Gasteiger partial charge in [0, 0.05) is 30.9 Å². The molecule has 34 heavy (non-hydrogen) atoms. The number of nitrogens with one attached hydrogen (secondary N) is 1. The van der Waals surface area contributed by atoms with Crippen molar-refractivity contribution in [2.24, 2.45) is 0 Å². The molecule has 2 N–H and O–H groups in total. The van der Waals surface area contributed by atoms with Gasteiger partial charge in [0.15, 0.2) is 0 Å². The summed E-state index contributed by atoms with van der Waals surface area (Å²) in [6, 6.07) is 13.2. The van der Waals surface area contributed by atoms with Gasteiger partial charge in [0.2, 0.25) is 5.95 Å². The molecule has 172 valence electrons. The van der Waals surface area contributed by atoms with E-state index >= 15 is 0 Å². The number of hydrogen-bond acceptors (Lipinski definition) is 7. The van der Waals surface area contributed by atoms with E-state index in [0.29, 0.717) is 33.0 Å². The number of amides is 1. The van der Waals surface area contributed by atoms with Crippen molar-refractivity contribution in [3.05, 3.63) is 76.6 Å². The molecule has 4 heterocycles. The first-order valence-electron chi connectivity index (χ1n) is 11.1. The quantitative estimate of drug-likeness (QED) is 0.423. The van der Waals surface area contributed by atoms with Gasteiger partial charge in [-0.3, -0.25) is 14.6 Å². The second-order valence-corrected chi connectivity index (χ2v) is 9.31. The number of carbonyl (C=O) groups excluding carboxylic acids is 1. The van der Waals surface area contributed by atoms with E-state index in [1.807, 2.05) is 30.5 Å². The summed E-state index contributed by atoms with van der Waals surface area (Å²) >= 11 is 1.32. The highest BCUT2D eigenvalue weighted by molar-refractivity contribution is 8.04. The molecular formula is C25H23N5O3S. The third-order valence-electron chi connectivity index (χ3n) is 5.94. The van der Waals surface area contributed by atoms with Crippen LogP contribution in [0.2, 0.25) is 0 Å². The minimum Gasteiger partial charge on any atom is -0.481 e. The first-order chi connectivity index (χ1) is 16.5. The van der Waals surface area contributed by atoms with Crippen molar-refractivity contribution in [3.8, 4) is 0 Å². The number of benzene rings is 1. The number of aromatic nitrogens is 3. The van der Waals surface area contributed by atoms with Crippen LogP contribution in [0.25, 0.3) is 6.08 Å². The highest BCUT2D eigenvalue weighted by Crippen LogP contribution is 2.38. The molecule has 3 aromatic rings. The molecule has 1 amide bonds. The molecule has 0 bridgehead atoms. The number of fused-ring (bicyclic) bond motifs is 1. The van der Waals surface area contributed by atoms with E-state index in [1.165, 1.54) is 11.8 Å². The average Bonchev–Trinajstić information content (AvgIpc) is 2.86. The van der Waals surface area contributed by atoms with Crippen molar-refractivity contribution in [3.63, 3.8) is 0 Å². The molecule has 0 unspecified atom stereocenters. The van der Waals surface area contributed by atoms with Gasteiger partial charge in [-0.1, -0.05) is 42.1 Å². The summed E-state index contributed by atoms with van der Waals surface area (Å²) in [5.74, 6) is 0.0282. The smallest absolute Gasteiger partial charge is 0.307 e. The fourth-order valence-electron chi connectivity index (χ4n) is 4.15. The first kappa shape index (κ1) is 22.1. The number of carbonyl (C=O) groups is 2. The van der Waals surface area contributed by atoms with Crippen LogP contribution in [0.1, 0.15) is 35.6 Å². The van der Waals surface area contributed by atoms with E-state index < -0.39 is 5.97 Å². The normalized spacial score (nSPS) is 17.4. The third-order valence-corrected chi connectivity index (χ3v) is 6.96. The fourth-order valence-corrected chi connectivity index (χ4v) is 5.04. The lowest BCUT2D eigenvalue weighted by atomic mass is 9.93. The number of hydrogen-bond donors (Lipinski definition) is 2. The molecule has 0 spiro atoms. The van der Waals surface area contributed by atoms with Gasteiger partial charge < -0.3 is 15.3 Å². The summed E-state index contributed by atoms with van der Waals surface area (Å²) in [7, 11) is 0. The van der Waals surface area contributed by atoms with Crippen LogP contribution < -0.4 is 10.2 Å². The number of nitrogens with zero attached hydrogens (tertiary/aromatic N) is 4. The molecule has 1 fully saturated rings. The number of thioether (sulfide) groups is 1. The van der Waals surface area contributed by atoms with Crippen LogP contribution in [0.5, 0.6) is 0 Å². The summed E-state index contributed by atoms with van der Waals surface area (Å²) < 4.78 is 0. The summed E-state index contributed by atoms with van der Waals surface area (Å²) in [5, 5.41) is 12.5. The zero-order valence-corrected chi connectivity index (χ0v) is 19.2. The van der Waals surface area contributed by atoms with Gasteiger partial charge in [-0.25, -0.2) is 9.97 Å². The van der Waals surface area contributed by atoms with Crippen LogP contribution in [-0.4, -0.2) is 45.0 Å². The predicted octanol–water partition coefficient (Wildman–Crippen LogP) is 3.97. The molecule has 0 atom stereocenters. The van der Waals surface area contributed by atoms with Crippen molar-refractivity contribution in [1.82, 2.24) is 15.0 Å². The predicted molar refractivity (Wildman–Crippen MR) is 131 cm³/mol. The molecule has 1 saturated heterocycles. The molecule has 9 heteroatoms. The van der Waals surface area contributed by atoms with Crippen LogP contribution >= 0.6 is 11.8 Å². The van der Waals surface area contributed by atoms with Crippen molar-refractivity contribution in [2.75, 3.05) is 23.3 Å². The number of carboxylic acids is 1. The van der Waals surface area contributed by atoms with Crippen molar-refractivity contribution < 1.29 is 14.7 Å². The first-order valence-corrected chi connectivity index (χ1v) is 11.9. The van der Waals surface area contributed by atoms with Crippen LogP contribution in [0.15, 0.2) is 64.8 Å². The SMILES string of the molecule is O=C(O)Cc1ccc(/C=C2/Sc3nc(N4CCC(c5ccccn5)CC4)ncc3NC2=O)cc1. The van der Waals surface area contributed by atoms with E-state index in [4.69, 9.17) is 10.1 Å². The molecular weight excluding hydrogens is 450 g/mol. The van der Waals surface area contributed by atoms with Gasteiger partial charge in [-0.2, -0.15) is 0 Å². The summed E-state index contributed by atoms with van der Waals surface area (Å²) in [6.45, 7) is 1.70. The van der Waals surface area contributed by atoms with E-state index in [9.17, 15) is 9.59 Å². The highest BCUT2D eigenvalue weighted by Gasteiger charge is 2.27. The van der Waals surface area contributed by atoms with Crippen molar-refractivity contribution in [1.29, 1.82) is 0 Å². The van der Waals surface area contributed by atoms with Gasteiger partial charge in [0.05, 0.1) is 23.2 Å². The number of pyridine rings is 1. The minimum atomic E-state index is -0.874. The van der Waals surface area contributed by atoms with Gasteiger partial charge in [0.1, 0.15) is 5.03 Å². The Morgan fingerprint density at radius 3 is 2.65 bits per heavy atom. The second kappa shape index (κ2) is 9.64. The minimum absolute atomic E-state index is 0.0295. The van der Waals surface area contributed by atoms with Crippen molar-refractivity contribution in [2.45, 2.75) is 30.2 Å². The van der Waals surface area contributed by atoms with Gasteiger partial charge in [-0.05, 0) is 42.2 Å². The molecule has 2 aliphatic rings. The van der Waals surface area contributed by atoms with E-state index in [1.54, 1.807) is 24.4 Å². The standard InChI is InChI=1S/C25H23N5O3S/c31-22(32)14-17-6-4-16(5-7-17)13-21-23(33)28-20-15-27-25(29-24(20)34-21)30-11-8-18(9-12-30)19-3-1-2-10-26-19/h1-7,10,13,15,18H,8-9,11-12,14H2,(H,28,33)(H,31,32)/b21-13+. The third kappa shape index (κ3) is 4.94. The molecule has 5 rings (SSSR count). The molecule has 2 aromatic heterocycles. The topological polar surface area (TPSA) is 108 Å². The maximum atomic E-state index is 12.6. The number of aliphatic carboxylic acids is 1. The molecule has 2 aliphatic heterocycles. The Hall–Kier alpha value is -3.72. The fraction of sp³-hybridized carbons (Fsp3) is 0.240. The lowest BCUT2D eigenvalue weighted by Gasteiger charge is -2.32. The Morgan fingerprint density at radius 2 is 1.94 bits per heavy atom.